The molecule has 1 heterocycles. The van der Waals surface area contributed by atoms with Gasteiger partial charge < -0.3 is 10.4 Å². The lowest BCUT2D eigenvalue weighted by atomic mass is 10.0. The number of carbonyl (C=O) groups excluding carboxylic acids is 1. The van der Waals surface area contributed by atoms with Crippen LogP contribution in [0.1, 0.15) is 30.1 Å². The number of aromatic nitrogens is 1. The first-order valence-corrected chi connectivity index (χ1v) is 7.28. The summed E-state index contributed by atoms with van der Waals surface area (Å²) in [5.41, 5.74) is 2.50. The van der Waals surface area contributed by atoms with Crippen LogP contribution in [0.5, 0.6) is 0 Å². The van der Waals surface area contributed by atoms with Gasteiger partial charge in [-0.15, -0.1) is 11.3 Å². The molecule has 1 amide bonds. The van der Waals surface area contributed by atoms with Crippen LogP contribution in [0, 0.1) is 5.92 Å². The first kappa shape index (κ1) is 12.6. The van der Waals surface area contributed by atoms with Gasteiger partial charge >= 0.3 is 0 Å². The van der Waals surface area contributed by atoms with E-state index in [1.807, 2.05) is 12.1 Å². The zero-order valence-electron chi connectivity index (χ0n) is 10.7. The molecular formula is C14H16N2O2S. The smallest absolute Gasteiger partial charge is 0.251 e. The van der Waals surface area contributed by atoms with Crippen molar-refractivity contribution in [3.05, 3.63) is 29.3 Å². The van der Waals surface area contributed by atoms with Crippen LogP contribution in [0.15, 0.2) is 23.7 Å². The fourth-order valence-electron chi connectivity index (χ4n) is 2.21. The monoisotopic (exact) mass is 276 g/mol. The van der Waals surface area contributed by atoms with Gasteiger partial charge in [-0.1, -0.05) is 0 Å². The van der Waals surface area contributed by atoms with Gasteiger partial charge in [0.2, 0.25) is 0 Å². The van der Waals surface area contributed by atoms with Gasteiger partial charge in [-0.05, 0) is 43.9 Å². The van der Waals surface area contributed by atoms with Crippen molar-refractivity contribution in [1.82, 2.24) is 10.3 Å². The van der Waals surface area contributed by atoms with Crippen molar-refractivity contribution < 1.29 is 9.90 Å². The number of nitrogens with one attached hydrogen (secondary N) is 1. The molecular weight excluding hydrogens is 260 g/mol. The van der Waals surface area contributed by atoms with E-state index in [4.69, 9.17) is 0 Å². The SMILES string of the molecule is C[C@@](O)(CNC(=O)c1ccc2ncsc2c1)C1CC1. The molecule has 100 valence electrons. The quantitative estimate of drug-likeness (QED) is 0.899. The number of carbonyl (C=O) groups is 1. The molecule has 0 bridgehead atoms. The third-order valence-corrected chi connectivity index (χ3v) is 4.45. The third-order valence-electron chi connectivity index (χ3n) is 3.66. The van der Waals surface area contributed by atoms with E-state index in [0.29, 0.717) is 18.0 Å². The van der Waals surface area contributed by atoms with Crippen LogP contribution in [0.3, 0.4) is 0 Å². The number of nitrogens with zero attached hydrogens (tertiary/aromatic N) is 1. The van der Waals surface area contributed by atoms with E-state index in [2.05, 4.69) is 10.3 Å². The van der Waals surface area contributed by atoms with Gasteiger partial charge in [0.15, 0.2) is 0 Å². The van der Waals surface area contributed by atoms with Gasteiger partial charge in [-0.2, -0.15) is 0 Å². The third kappa shape index (κ3) is 2.62. The molecule has 0 unspecified atom stereocenters. The van der Waals surface area contributed by atoms with E-state index >= 15 is 0 Å². The molecule has 1 fully saturated rings. The van der Waals surface area contributed by atoms with Crippen LogP contribution >= 0.6 is 11.3 Å². The van der Waals surface area contributed by atoms with Crippen molar-refractivity contribution >= 4 is 27.5 Å². The summed E-state index contributed by atoms with van der Waals surface area (Å²) in [6.45, 7) is 2.09. The Kier molecular flexibility index (Phi) is 3.03. The lowest BCUT2D eigenvalue weighted by molar-refractivity contribution is 0.0354. The van der Waals surface area contributed by atoms with E-state index < -0.39 is 5.60 Å². The Morgan fingerprint density at radius 2 is 2.37 bits per heavy atom. The van der Waals surface area contributed by atoms with E-state index in [1.165, 1.54) is 11.3 Å². The highest BCUT2D eigenvalue weighted by Gasteiger charge is 2.39. The van der Waals surface area contributed by atoms with Crippen LogP contribution in [-0.2, 0) is 0 Å². The van der Waals surface area contributed by atoms with E-state index in [-0.39, 0.29) is 5.91 Å². The van der Waals surface area contributed by atoms with Crippen molar-refractivity contribution in [3.63, 3.8) is 0 Å². The van der Waals surface area contributed by atoms with Gasteiger partial charge in [0, 0.05) is 12.1 Å². The Balaban J connectivity index is 1.69. The van der Waals surface area contributed by atoms with Crippen LogP contribution in [-0.4, -0.2) is 28.1 Å². The number of fused-ring (bicyclic) bond motifs is 1. The fraction of sp³-hybridized carbons (Fsp3) is 0.429. The second-order valence-electron chi connectivity index (χ2n) is 5.35. The van der Waals surface area contributed by atoms with Gasteiger partial charge in [0.1, 0.15) is 0 Å². The highest BCUT2D eigenvalue weighted by molar-refractivity contribution is 7.16. The molecule has 0 saturated heterocycles. The van der Waals surface area contributed by atoms with Crippen molar-refractivity contribution in [3.8, 4) is 0 Å². The Morgan fingerprint density at radius 1 is 1.58 bits per heavy atom. The highest BCUT2D eigenvalue weighted by Crippen LogP contribution is 2.39. The predicted octanol–water partition coefficient (Wildman–Crippen LogP) is 2.19. The minimum Gasteiger partial charge on any atom is -0.388 e. The van der Waals surface area contributed by atoms with Gasteiger partial charge in [0.05, 0.1) is 21.3 Å². The topological polar surface area (TPSA) is 62.2 Å². The average molecular weight is 276 g/mol. The Morgan fingerprint density at radius 3 is 3.11 bits per heavy atom. The summed E-state index contributed by atoms with van der Waals surface area (Å²) in [5, 5.41) is 13.0. The predicted molar refractivity (Wildman–Crippen MR) is 75.3 cm³/mol. The number of aliphatic hydroxyl groups is 1. The summed E-state index contributed by atoms with van der Waals surface area (Å²) in [6.07, 6.45) is 2.10. The fourth-order valence-corrected chi connectivity index (χ4v) is 2.92. The normalized spacial score (nSPS) is 18.2. The zero-order valence-corrected chi connectivity index (χ0v) is 11.5. The molecule has 1 saturated carbocycles. The van der Waals surface area contributed by atoms with Crippen molar-refractivity contribution in [2.24, 2.45) is 5.92 Å². The van der Waals surface area contributed by atoms with Gasteiger partial charge in [-0.25, -0.2) is 4.98 Å². The highest BCUT2D eigenvalue weighted by atomic mass is 32.1. The second-order valence-corrected chi connectivity index (χ2v) is 6.24. The van der Waals surface area contributed by atoms with Crippen LogP contribution in [0.25, 0.3) is 10.2 Å². The molecule has 19 heavy (non-hydrogen) atoms. The summed E-state index contributed by atoms with van der Waals surface area (Å²) < 4.78 is 1.00. The Labute approximate surface area is 115 Å². The van der Waals surface area contributed by atoms with Gasteiger partial charge in [-0.3, -0.25) is 4.79 Å². The number of hydrogen-bond donors (Lipinski definition) is 2. The number of hydrogen-bond acceptors (Lipinski definition) is 4. The molecule has 4 nitrogen and oxygen atoms in total. The summed E-state index contributed by atoms with van der Waals surface area (Å²) in [5.74, 6) is 0.188. The summed E-state index contributed by atoms with van der Waals surface area (Å²) in [7, 11) is 0. The largest absolute Gasteiger partial charge is 0.388 e. The van der Waals surface area contributed by atoms with E-state index in [1.54, 1.807) is 18.5 Å². The number of thiazole rings is 1. The molecule has 1 atom stereocenters. The molecule has 5 heteroatoms. The van der Waals surface area contributed by atoms with Crippen LogP contribution < -0.4 is 5.32 Å². The van der Waals surface area contributed by atoms with Crippen molar-refractivity contribution in [2.75, 3.05) is 6.54 Å². The lowest BCUT2D eigenvalue weighted by Gasteiger charge is -2.23. The summed E-state index contributed by atoms with van der Waals surface area (Å²) in [6, 6.07) is 5.46. The van der Waals surface area contributed by atoms with Crippen molar-refractivity contribution in [2.45, 2.75) is 25.4 Å². The first-order valence-electron chi connectivity index (χ1n) is 6.40. The van der Waals surface area contributed by atoms with E-state index in [0.717, 1.165) is 23.1 Å². The zero-order chi connectivity index (χ0) is 13.5. The van der Waals surface area contributed by atoms with Crippen molar-refractivity contribution in [1.29, 1.82) is 0 Å². The minimum absolute atomic E-state index is 0.142. The standard InChI is InChI=1S/C14H16N2O2S/c1-14(18,10-3-4-10)7-15-13(17)9-2-5-11-12(6-9)19-8-16-11/h2,5-6,8,10,18H,3-4,7H2,1H3,(H,15,17)/t14-/m1/s1. The minimum atomic E-state index is -0.787. The maximum Gasteiger partial charge on any atom is 0.251 e. The maximum atomic E-state index is 12.1. The molecule has 1 aromatic carbocycles. The molecule has 0 radical (unpaired) electrons. The lowest BCUT2D eigenvalue weighted by Crippen LogP contribution is -2.42. The second kappa shape index (κ2) is 4.58. The molecule has 3 rings (SSSR count). The molecule has 2 aromatic rings. The summed E-state index contributed by atoms with van der Waals surface area (Å²) in [4.78, 5) is 16.2. The van der Waals surface area contributed by atoms with Crippen LogP contribution in [0.2, 0.25) is 0 Å². The van der Waals surface area contributed by atoms with Crippen LogP contribution in [0.4, 0.5) is 0 Å². The Hall–Kier alpha value is -1.46. The molecule has 1 aliphatic carbocycles. The van der Waals surface area contributed by atoms with Gasteiger partial charge in [0.25, 0.3) is 5.91 Å². The Bertz CT molecular complexity index is 617. The molecule has 2 N–H and O–H groups in total. The number of rotatable bonds is 4. The molecule has 1 aromatic heterocycles. The maximum absolute atomic E-state index is 12.1. The first-order chi connectivity index (χ1) is 9.06. The average Bonchev–Trinajstić information content (AvgIpc) is 3.15. The van der Waals surface area contributed by atoms with E-state index in [9.17, 15) is 9.90 Å². The molecule has 1 aliphatic rings. The molecule has 0 aliphatic heterocycles. The molecule has 0 spiro atoms. The number of amides is 1. The summed E-state index contributed by atoms with van der Waals surface area (Å²) >= 11 is 1.52. The number of benzene rings is 1.